The third-order valence-electron chi connectivity index (χ3n) is 1.37. The zero-order valence-electron chi connectivity index (χ0n) is 9.06. The molecule has 0 rings (SSSR count). The predicted molar refractivity (Wildman–Crippen MR) is 42.9 cm³/mol. The van der Waals surface area contributed by atoms with Crippen molar-refractivity contribution in [2.45, 2.75) is 19.8 Å². The molecule has 0 spiro atoms. The maximum atomic E-state index is 10.4. The van der Waals surface area contributed by atoms with Gasteiger partial charge in [-0.15, -0.1) is 0 Å². The van der Waals surface area contributed by atoms with Crippen LogP contribution in [0, 0.1) is 28.1 Å². The molecule has 0 aromatic heterocycles. The summed E-state index contributed by atoms with van der Waals surface area (Å²) >= 11 is 0. The van der Waals surface area contributed by atoms with Gasteiger partial charge in [0.25, 0.3) is 0 Å². The van der Waals surface area contributed by atoms with E-state index in [1.807, 2.05) is 0 Å². The molecule has 0 fully saturated rings. The molecule has 0 aromatic carbocycles. The van der Waals surface area contributed by atoms with E-state index in [1.165, 1.54) is 12.1 Å². The minimum atomic E-state index is -1.84. The van der Waals surface area contributed by atoms with E-state index in [2.05, 4.69) is 0 Å². The first-order valence-corrected chi connectivity index (χ1v) is 3.39. The van der Waals surface area contributed by atoms with Crippen LogP contribution >= 0.6 is 0 Å². The summed E-state index contributed by atoms with van der Waals surface area (Å²) in [5, 5.41) is 25.4. The Labute approximate surface area is 133 Å². The fourth-order valence-electron chi connectivity index (χ4n) is 0.714. The number of hydrogen-bond donors (Lipinski definition) is 1. The molecule has 6 nitrogen and oxygen atoms in total. The Hall–Kier alpha value is 0.0500. The van der Waals surface area contributed by atoms with E-state index >= 15 is 0 Å². The Bertz CT molecular complexity index is 245. The van der Waals surface area contributed by atoms with E-state index in [1.54, 1.807) is 6.92 Å². The number of nitrogens with zero attached hydrogens (tertiary/aromatic N) is 4. The first-order chi connectivity index (χ1) is 6.13. The first-order valence-electron chi connectivity index (χ1n) is 3.39. The maximum absolute atomic E-state index is 10.4. The third kappa shape index (κ3) is 7.92. The molecule has 70 valence electrons. The van der Waals surface area contributed by atoms with E-state index in [4.69, 9.17) is 26.7 Å². The molecule has 0 radical (unpaired) electrons. The van der Waals surface area contributed by atoms with Crippen LogP contribution in [0.5, 0.6) is 0 Å². The second-order valence-corrected chi connectivity index (χ2v) is 2.18. The van der Waals surface area contributed by atoms with Crippen LogP contribution < -0.4 is 59.1 Å². The minimum Gasteiger partial charge on any atom is -1.00 e. The molecule has 15 heavy (non-hydrogen) atoms. The Morgan fingerprint density at radius 3 is 1.73 bits per heavy atom. The van der Waals surface area contributed by atoms with Gasteiger partial charge in [0.05, 0.1) is 12.1 Å². The maximum Gasteiger partial charge on any atom is 1.00 e. The Balaban J connectivity index is -0.000000142. The molecule has 0 aliphatic carbocycles. The average molecular weight is 226 g/mol. The molecule has 0 saturated heterocycles. The molecule has 0 saturated carbocycles. The Morgan fingerprint density at radius 1 is 1.33 bits per heavy atom. The number of carboxylic acids is 1. The van der Waals surface area contributed by atoms with E-state index in [-0.39, 0.29) is 65.5 Å². The minimum absolute atomic E-state index is 0. The predicted octanol–water partition coefficient (Wildman–Crippen LogP) is -4.51. The second kappa shape index (κ2) is 14.1. The average Bonchev–Trinajstić information content (AvgIpc) is 2.17. The summed E-state index contributed by atoms with van der Waals surface area (Å²) in [4.78, 5) is 10.4. The van der Waals surface area contributed by atoms with Crippen LogP contribution in [0.1, 0.15) is 19.8 Å². The van der Waals surface area contributed by atoms with Crippen molar-refractivity contribution in [2.24, 2.45) is 5.41 Å². The quantitative estimate of drug-likeness (QED) is 0.384. The van der Waals surface area contributed by atoms with Crippen molar-refractivity contribution in [1.29, 1.82) is 10.5 Å². The standard InChI is InChI=1S/C7H8N2O2.N2.2Na/c1-2-3-7(4-8,5-9)6(10)11;1-2;;/h2-3H2,1H3,(H,10,11);;;/q;-2;2*+1. The van der Waals surface area contributed by atoms with E-state index in [0.717, 1.165) is 0 Å². The van der Waals surface area contributed by atoms with Gasteiger partial charge in [-0.2, -0.15) is 10.5 Å². The van der Waals surface area contributed by atoms with Gasteiger partial charge in [-0.1, -0.05) is 13.3 Å². The number of hydrogen-bond acceptors (Lipinski definition) is 3. The van der Waals surface area contributed by atoms with Crippen LogP contribution in [0.3, 0.4) is 0 Å². The van der Waals surface area contributed by atoms with Gasteiger partial charge in [0.2, 0.25) is 5.41 Å². The van der Waals surface area contributed by atoms with Crippen LogP contribution in [-0.4, -0.2) is 11.1 Å². The van der Waals surface area contributed by atoms with Gasteiger partial charge in [-0.25, -0.2) is 4.79 Å². The van der Waals surface area contributed by atoms with Crippen molar-refractivity contribution in [3.05, 3.63) is 11.1 Å². The molecule has 0 aliphatic heterocycles. The van der Waals surface area contributed by atoms with E-state index < -0.39 is 11.4 Å². The van der Waals surface area contributed by atoms with Crippen molar-refractivity contribution in [1.82, 2.24) is 0 Å². The molecule has 0 aromatic rings. The van der Waals surface area contributed by atoms with Crippen molar-refractivity contribution in [3.63, 3.8) is 0 Å². The van der Waals surface area contributed by atoms with Crippen LogP contribution in [0.15, 0.2) is 0 Å². The third-order valence-corrected chi connectivity index (χ3v) is 1.37. The summed E-state index contributed by atoms with van der Waals surface area (Å²) in [6.45, 7) is 1.73. The summed E-state index contributed by atoms with van der Waals surface area (Å²) in [6, 6.07) is 3.01. The van der Waals surface area contributed by atoms with Crippen molar-refractivity contribution < 1.29 is 69.0 Å². The molecule has 0 atom stereocenters. The molecule has 0 aliphatic rings. The molecule has 8 heteroatoms. The van der Waals surface area contributed by atoms with Gasteiger partial charge in [-0.3, -0.25) is 0 Å². The van der Waals surface area contributed by atoms with Crippen LogP contribution in [0.25, 0.3) is 11.1 Å². The smallest absolute Gasteiger partial charge is 1.00 e. The van der Waals surface area contributed by atoms with Crippen molar-refractivity contribution in [3.8, 4) is 12.1 Å². The zero-order valence-corrected chi connectivity index (χ0v) is 13.1. The second-order valence-electron chi connectivity index (χ2n) is 2.18. The molecule has 0 heterocycles. The summed E-state index contributed by atoms with van der Waals surface area (Å²) in [5.74, 6) is -1.36. The number of nitriles is 2. The van der Waals surface area contributed by atoms with Crippen molar-refractivity contribution >= 4 is 5.97 Å². The Kier molecular flexibility index (Phi) is 22.8. The van der Waals surface area contributed by atoms with E-state index in [0.29, 0.717) is 6.42 Å². The van der Waals surface area contributed by atoms with Crippen molar-refractivity contribution in [2.75, 3.05) is 0 Å². The van der Waals surface area contributed by atoms with Gasteiger partial charge in [0.15, 0.2) is 0 Å². The molecule has 1 N–H and O–H groups in total. The number of aliphatic carboxylic acids is 1. The number of rotatable bonds is 3. The van der Waals surface area contributed by atoms with Gasteiger partial charge in [-0.05, 0) is 6.42 Å². The molecule has 0 bridgehead atoms. The van der Waals surface area contributed by atoms with E-state index in [9.17, 15) is 4.79 Å². The van der Waals surface area contributed by atoms with Crippen LogP contribution in [0.2, 0.25) is 0 Å². The monoisotopic (exact) mass is 226 g/mol. The Morgan fingerprint density at radius 2 is 1.67 bits per heavy atom. The number of carbonyl (C=O) groups is 1. The normalized spacial score (nSPS) is 7.40. The molecular formula is C7H8N4Na2O2. The van der Waals surface area contributed by atoms with Gasteiger partial charge in [0, 0.05) is 0 Å². The molecule has 0 unspecified atom stereocenters. The van der Waals surface area contributed by atoms with Gasteiger partial charge < -0.3 is 16.2 Å². The van der Waals surface area contributed by atoms with Crippen LogP contribution in [0.4, 0.5) is 0 Å². The fraction of sp³-hybridized carbons (Fsp3) is 0.571. The molecule has 0 amide bonds. The van der Waals surface area contributed by atoms with Gasteiger partial charge >= 0.3 is 65.1 Å². The van der Waals surface area contributed by atoms with Gasteiger partial charge in [0.1, 0.15) is 0 Å². The summed E-state index contributed by atoms with van der Waals surface area (Å²) in [6.07, 6.45) is 0.586. The summed E-state index contributed by atoms with van der Waals surface area (Å²) in [7, 11) is 0. The number of carboxylic acid groups (broad SMARTS) is 1. The van der Waals surface area contributed by atoms with Crippen LogP contribution in [-0.2, 0) is 4.79 Å². The summed E-state index contributed by atoms with van der Waals surface area (Å²) in [5.41, 5.74) is 10.2. The fourth-order valence-corrected chi connectivity index (χ4v) is 0.714. The molecular weight excluding hydrogens is 218 g/mol. The zero-order chi connectivity index (χ0) is 10.9. The summed E-state index contributed by atoms with van der Waals surface area (Å²) < 4.78 is 0. The largest absolute Gasteiger partial charge is 1.00 e. The SMILES string of the molecule is CCCC(C#N)(C#N)C(=O)O.[N-]=[N-].[Na+].[Na+]. The topological polar surface area (TPSA) is 129 Å². The first kappa shape index (κ1) is 24.3.